The zero-order valence-corrected chi connectivity index (χ0v) is 11.2. The average Bonchev–Trinajstić information content (AvgIpc) is 2.34. The van der Waals surface area contributed by atoms with Crippen LogP contribution in [0, 0.1) is 0 Å². The summed E-state index contributed by atoms with van der Waals surface area (Å²) in [6.07, 6.45) is -0.931. The van der Waals surface area contributed by atoms with Gasteiger partial charge in [-0.05, 0) is 24.5 Å². The lowest BCUT2D eigenvalue weighted by molar-refractivity contribution is -0.137. The van der Waals surface area contributed by atoms with Gasteiger partial charge in [0.25, 0.3) is 0 Å². The standard InChI is InChI=1S/C13H12F3NOS/c1-17-6-8(7-19-2)12(18)10-4-3-9(5-11(10)17)13(14,15)16/h3-6H,7H2,1-2H3. The fourth-order valence-electron chi connectivity index (χ4n) is 1.99. The van der Waals surface area contributed by atoms with E-state index in [1.165, 1.54) is 17.8 Å². The summed E-state index contributed by atoms with van der Waals surface area (Å²) >= 11 is 1.50. The van der Waals surface area contributed by atoms with E-state index >= 15 is 0 Å². The number of alkyl halides is 3. The van der Waals surface area contributed by atoms with Crippen molar-refractivity contribution < 1.29 is 13.2 Å². The van der Waals surface area contributed by atoms with E-state index in [0.29, 0.717) is 22.2 Å². The highest BCUT2D eigenvalue weighted by atomic mass is 32.2. The fourth-order valence-corrected chi connectivity index (χ4v) is 2.50. The molecule has 19 heavy (non-hydrogen) atoms. The van der Waals surface area contributed by atoms with Gasteiger partial charge in [-0.25, -0.2) is 0 Å². The van der Waals surface area contributed by atoms with Gasteiger partial charge in [-0.15, -0.1) is 0 Å². The molecule has 0 radical (unpaired) electrons. The summed E-state index contributed by atoms with van der Waals surface area (Å²) < 4.78 is 39.5. The van der Waals surface area contributed by atoms with Crippen LogP contribution in [0.25, 0.3) is 10.9 Å². The molecule has 0 aliphatic rings. The zero-order chi connectivity index (χ0) is 14.2. The van der Waals surface area contributed by atoms with Crippen molar-refractivity contribution in [3.8, 4) is 0 Å². The fraction of sp³-hybridized carbons (Fsp3) is 0.308. The average molecular weight is 287 g/mol. The summed E-state index contributed by atoms with van der Waals surface area (Å²) in [6, 6.07) is 3.22. The van der Waals surface area contributed by atoms with Gasteiger partial charge in [0.05, 0.1) is 11.1 Å². The quantitative estimate of drug-likeness (QED) is 0.844. The molecule has 0 bridgehead atoms. The second-order valence-corrected chi connectivity index (χ2v) is 5.12. The molecule has 6 heteroatoms. The summed E-state index contributed by atoms with van der Waals surface area (Å²) in [5, 5.41) is 0.321. The molecule has 0 fully saturated rings. The van der Waals surface area contributed by atoms with Crippen LogP contribution in [0.5, 0.6) is 0 Å². The van der Waals surface area contributed by atoms with Gasteiger partial charge in [-0.1, -0.05) is 0 Å². The summed E-state index contributed by atoms with van der Waals surface area (Å²) in [6.45, 7) is 0. The Hall–Kier alpha value is -1.43. The molecule has 0 aliphatic heterocycles. The van der Waals surface area contributed by atoms with Crippen molar-refractivity contribution in [2.45, 2.75) is 11.9 Å². The van der Waals surface area contributed by atoms with Gasteiger partial charge >= 0.3 is 6.18 Å². The molecular weight excluding hydrogens is 275 g/mol. The van der Waals surface area contributed by atoms with E-state index in [0.717, 1.165) is 12.1 Å². The van der Waals surface area contributed by atoms with E-state index < -0.39 is 11.7 Å². The smallest absolute Gasteiger partial charge is 0.350 e. The number of halogens is 3. The van der Waals surface area contributed by atoms with Crippen molar-refractivity contribution in [2.24, 2.45) is 7.05 Å². The van der Waals surface area contributed by atoms with Crippen molar-refractivity contribution in [1.82, 2.24) is 4.57 Å². The molecule has 1 aromatic heterocycles. The van der Waals surface area contributed by atoms with Crippen molar-refractivity contribution in [3.05, 3.63) is 45.7 Å². The number of fused-ring (bicyclic) bond motifs is 1. The first-order chi connectivity index (χ1) is 8.84. The lowest BCUT2D eigenvalue weighted by atomic mass is 10.1. The Kier molecular flexibility index (Phi) is 3.62. The van der Waals surface area contributed by atoms with Crippen LogP contribution in [0.1, 0.15) is 11.1 Å². The van der Waals surface area contributed by atoms with Crippen LogP contribution in [-0.4, -0.2) is 10.8 Å². The first-order valence-electron chi connectivity index (χ1n) is 5.53. The van der Waals surface area contributed by atoms with Crippen LogP contribution in [-0.2, 0) is 19.0 Å². The number of hydrogen-bond acceptors (Lipinski definition) is 2. The maximum absolute atomic E-state index is 12.7. The normalized spacial score (nSPS) is 12.1. The maximum Gasteiger partial charge on any atom is 0.416 e. The molecule has 0 amide bonds. The van der Waals surface area contributed by atoms with Crippen LogP contribution >= 0.6 is 11.8 Å². The van der Waals surface area contributed by atoms with Gasteiger partial charge in [0, 0.05) is 29.9 Å². The number of thioether (sulfide) groups is 1. The number of aromatic nitrogens is 1. The molecule has 2 rings (SSSR count). The number of aryl methyl sites for hydroxylation is 1. The third kappa shape index (κ3) is 2.63. The molecule has 0 saturated heterocycles. The largest absolute Gasteiger partial charge is 0.416 e. The molecule has 1 aromatic carbocycles. The van der Waals surface area contributed by atoms with Crippen molar-refractivity contribution in [2.75, 3.05) is 6.26 Å². The highest BCUT2D eigenvalue weighted by Crippen LogP contribution is 2.30. The third-order valence-corrected chi connectivity index (χ3v) is 3.49. The van der Waals surface area contributed by atoms with Gasteiger partial charge in [0.15, 0.2) is 5.43 Å². The Bertz CT molecular complexity index is 676. The Morgan fingerprint density at radius 2 is 2.00 bits per heavy atom. The molecule has 2 aromatic rings. The molecule has 0 unspecified atom stereocenters. The highest BCUT2D eigenvalue weighted by molar-refractivity contribution is 7.97. The van der Waals surface area contributed by atoms with Crippen LogP contribution in [0.2, 0.25) is 0 Å². The predicted octanol–water partition coefficient (Wildman–Crippen LogP) is 3.42. The minimum atomic E-state index is -4.40. The number of benzene rings is 1. The van der Waals surface area contributed by atoms with Gasteiger partial charge in [-0.3, -0.25) is 4.79 Å². The van der Waals surface area contributed by atoms with Crippen LogP contribution < -0.4 is 5.43 Å². The SMILES string of the molecule is CSCc1cn(C)c2cc(C(F)(F)F)ccc2c1=O. The Morgan fingerprint density at radius 3 is 2.58 bits per heavy atom. The minimum absolute atomic E-state index is 0.198. The highest BCUT2D eigenvalue weighted by Gasteiger charge is 2.30. The summed E-state index contributed by atoms with van der Waals surface area (Å²) in [4.78, 5) is 12.1. The molecule has 0 atom stereocenters. The monoisotopic (exact) mass is 287 g/mol. The molecule has 0 spiro atoms. The number of nitrogens with zero attached hydrogens (tertiary/aromatic N) is 1. The van der Waals surface area contributed by atoms with E-state index in [2.05, 4.69) is 0 Å². The first kappa shape index (κ1) is 14.0. The van der Waals surface area contributed by atoms with Crippen LogP contribution in [0.15, 0.2) is 29.2 Å². The molecule has 2 nitrogen and oxygen atoms in total. The van der Waals surface area contributed by atoms with E-state index in [4.69, 9.17) is 0 Å². The molecule has 1 heterocycles. The van der Waals surface area contributed by atoms with Crippen molar-refractivity contribution >= 4 is 22.7 Å². The Balaban J connectivity index is 2.73. The Labute approximate surface area is 112 Å². The molecule has 0 N–H and O–H groups in total. The molecule has 102 valence electrons. The topological polar surface area (TPSA) is 22.0 Å². The number of rotatable bonds is 2. The minimum Gasteiger partial charge on any atom is -0.350 e. The predicted molar refractivity (Wildman–Crippen MR) is 71.4 cm³/mol. The number of hydrogen-bond donors (Lipinski definition) is 0. The second kappa shape index (κ2) is 4.92. The van der Waals surface area contributed by atoms with Gasteiger partial charge in [-0.2, -0.15) is 24.9 Å². The third-order valence-electron chi connectivity index (χ3n) is 2.89. The second-order valence-electron chi connectivity index (χ2n) is 4.26. The number of pyridine rings is 1. The van der Waals surface area contributed by atoms with E-state index in [1.807, 2.05) is 6.26 Å². The molecule has 0 aliphatic carbocycles. The zero-order valence-electron chi connectivity index (χ0n) is 10.4. The van der Waals surface area contributed by atoms with Gasteiger partial charge in [0.2, 0.25) is 0 Å². The van der Waals surface area contributed by atoms with Gasteiger partial charge in [0.1, 0.15) is 0 Å². The Morgan fingerprint density at radius 1 is 1.32 bits per heavy atom. The van der Waals surface area contributed by atoms with Crippen LogP contribution in [0.3, 0.4) is 0 Å². The van der Waals surface area contributed by atoms with Gasteiger partial charge < -0.3 is 4.57 Å². The van der Waals surface area contributed by atoms with E-state index in [-0.39, 0.29) is 5.43 Å². The lowest BCUT2D eigenvalue weighted by Crippen LogP contribution is -2.14. The summed E-state index contributed by atoms with van der Waals surface area (Å²) in [5.74, 6) is 0.545. The molecule has 0 saturated carbocycles. The van der Waals surface area contributed by atoms with Crippen LogP contribution in [0.4, 0.5) is 13.2 Å². The maximum atomic E-state index is 12.7. The van der Waals surface area contributed by atoms with E-state index in [1.54, 1.807) is 17.8 Å². The first-order valence-corrected chi connectivity index (χ1v) is 6.92. The summed E-state index contributed by atoms with van der Waals surface area (Å²) in [5.41, 5.74) is -0.0456. The lowest BCUT2D eigenvalue weighted by Gasteiger charge is -2.11. The van der Waals surface area contributed by atoms with Crippen molar-refractivity contribution in [1.29, 1.82) is 0 Å². The van der Waals surface area contributed by atoms with Crippen molar-refractivity contribution in [3.63, 3.8) is 0 Å². The van der Waals surface area contributed by atoms with E-state index in [9.17, 15) is 18.0 Å². The summed E-state index contributed by atoms with van der Waals surface area (Å²) in [7, 11) is 1.64. The molecular formula is C13H12F3NOS.